The largest absolute Gasteiger partial charge is 0.425 e. The fourth-order valence-electron chi connectivity index (χ4n) is 1.83. The van der Waals surface area contributed by atoms with Crippen LogP contribution in [0.15, 0.2) is 48.5 Å². The van der Waals surface area contributed by atoms with Gasteiger partial charge in [-0.3, -0.25) is 9.59 Å². The number of carbonyl (C=O) groups is 2. The summed E-state index contributed by atoms with van der Waals surface area (Å²) in [7, 11) is 0. The van der Waals surface area contributed by atoms with Crippen LogP contribution in [0.4, 0.5) is 0 Å². The predicted octanol–water partition coefficient (Wildman–Crippen LogP) is 2.38. The average molecular weight is 255 g/mol. The molecule has 2 aromatic rings. The highest BCUT2D eigenvalue weighted by Gasteiger charge is 2.16. The summed E-state index contributed by atoms with van der Waals surface area (Å²) in [5.74, 6) is -0.923. The Morgan fingerprint density at radius 3 is 2.26 bits per heavy atom. The van der Waals surface area contributed by atoms with E-state index in [4.69, 9.17) is 10.5 Å². The second kappa shape index (κ2) is 5.35. The zero-order chi connectivity index (χ0) is 13.8. The second-order valence-electron chi connectivity index (χ2n) is 4.01. The Hall–Kier alpha value is -2.62. The summed E-state index contributed by atoms with van der Waals surface area (Å²) >= 11 is 0. The quantitative estimate of drug-likeness (QED) is 0.676. The summed E-state index contributed by atoms with van der Waals surface area (Å²) < 4.78 is 5.15. The van der Waals surface area contributed by atoms with Crippen LogP contribution in [0.25, 0.3) is 11.1 Å². The van der Waals surface area contributed by atoms with E-state index in [9.17, 15) is 9.59 Å². The van der Waals surface area contributed by atoms with Crippen molar-refractivity contribution in [1.82, 2.24) is 0 Å². The Balaban J connectivity index is 2.63. The van der Waals surface area contributed by atoms with Crippen molar-refractivity contribution in [2.45, 2.75) is 6.92 Å². The molecule has 1 amide bonds. The van der Waals surface area contributed by atoms with Gasteiger partial charge in [-0.2, -0.15) is 0 Å². The molecule has 0 saturated carbocycles. The monoisotopic (exact) mass is 255 g/mol. The number of hydrogen-bond donors (Lipinski definition) is 1. The molecule has 19 heavy (non-hydrogen) atoms. The van der Waals surface area contributed by atoms with Crippen LogP contribution in [0.5, 0.6) is 5.75 Å². The summed E-state index contributed by atoms with van der Waals surface area (Å²) in [6, 6.07) is 14.4. The molecule has 4 heteroatoms. The maximum Gasteiger partial charge on any atom is 0.308 e. The van der Waals surface area contributed by atoms with E-state index < -0.39 is 11.9 Å². The molecule has 0 spiro atoms. The molecular weight excluding hydrogens is 242 g/mol. The van der Waals surface area contributed by atoms with Gasteiger partial charge in [0.05, 0.1) is 5.56 Å². The number of amides is 1. The summed E-state index contributed by atoms with van der Waals surface area (Å²) in [6.45, 7) is 1.28. The van der Waals surface area contributed by atoms with Crippen molar-refractivity contribution in [2.24, 2.45) is 5.73 Å². The van der Waals surface area contributed by atoms with Crippen LogP contribution in [0.1, 0.15) is 17.3 Å². The number of carbonyl (C=O) groups excluding carboxylic acids is 2. The third-order valence-electron chi connectivity index (χ3n) is 2.61. The molecule has 0 bridgehead atoms. The van der Waals surface area contributed by atoms with E-state index in [2.05, 4.69) is 0 Å². The fourth-order valence-corrected chi connectivity index (χ4v) is 1.83. The number of benzene rings is 2. The van der Waals surface area contributed by atoms with Gasteiger partial charge < -0.3 is 10.5 Å². The maximum atomic E-state index is 11.4. The van der Waals surface area contributed by atoms with Gasteiger partial charge in [-0.15, -0.1) is 0 Å². The van der Waals surface area contributed by atoms with E-state index in [1.54, 1.807) is 12.1 Å². The molecular formula is C15H13NO3. The van der Waals surface area contributed by atoms with Crippen molar-refractivity contribution in [3.05, 3.63) is 54.1 Å². The third-order valence-corrected chi connectivity index (χ3v) is 2.61. The molecule has 0 radical (unpaired) electrons. The first-order chi connectivity index (χ1) is 9.09. The van der Waals surface area contributed by atoms with Crippen LogP contribution in [0.3, 0.4) is 0 Å². The van der Waals surface area contributed by atoms with Crippen LogP contribution in [0.2, 0.25) is 0 Å². The summed E-state index contributed by atoms with van der Waals surface area (Å²) in [4.78, 5) is 22.6. The van der Waals surface area contributed by atoms with Gasteiger partial charge >= 0.3 is 5.97 Å². The number of hydrogen-bond acceptors (Lipinski definition) is 3. The van der Waals surface area contributed by atoms with Crippen LogP contribution < -0.4 is 10.5 Å². The van der Waals surface area contributed by atoms with Gasteiger partial charge in [-0.05, 0) is 11.6 Å². The number of rotatable bonds is 3. The predicted molar refractivity (Wildman–Crippen MR) is 71.7 cm³/mol. The zero-order valence-electron chi connectivity index (χ0n) is 10.4. The SMILES string of the molecule is CC(=O)Oc1c(C(N)=O)cccc1-c1ccccc1. The highest BCUT2D eigenvalue weighted by atomic mass is 16.5. The van der Waals surface area contributed by atoms with Crippen molar-refractivity contribution < 1.29 is 14.3 Å². The molecule has 0 aromatic heterocycles. The summed E-state index contributed by atoms with van der Waals surface area (Å²) in [6.07, 6.45) is 0. The Kier molecular flexibility index (Phi) is 3.61. The first-order valence-electron chi connectivity index (χ1n) is 5.76. The molecule has 0 saturated heterocycles. The van der Waals surface area contributed by atoms with Crippen molar-refractivity contribution in [1.29, 1.82) is 0 Å². The van der Waals surface area contributed by atoms with E-state index in [1.807, 2.05) is 30.3 Å². The lowest BCUT2D eigenvalue weighted by atomic mass is 10.0. The molecule has 2 rings (SSSR count). The van der Waals surface area contributed by atoms with Gasteiger partial charge in [0.2, 0.25) is 0 Å². The fraction of sp³-hybridized carbons (Fsp3) is 0.0667. The molecule has 0 heterocycles. The number of ether oxygens (including phenoxy) is 1. The van der Waals surface area contributed by atoms with Gasteiger partial charge in [0, 0.05) is 12.5 Å². The lowest BCUT2D eigenvalue weighted by molar-refractivity contribution is -0.131. The van der Waals surface area contributed by atoms with Crippen molar-refractivity contribution in [2.75, 3.05) is 0 Å². The topological polar surface area (TPSA) is 69.4 Å². The number of para-hydroxylation sites is 1. The lowest BCUT2D eigenvalue weighted by Gasteiger charge is -2.12. The van der Waals surface area contributed by atoms with E-state index in [-0.39, 0.29) is 11.3 Å². The molecule has 0 aliphatic heterocycles. The van der Waals surface area contributed by atoms with Gasteiger partial charge in [0.15, 0.2) is 5.75 Å². The third kappa shape index (κ3) is 2.80. The van der Waals surface area contributed by atoms with E-state index >= 15 is 0 Å². The lowest BCUT2D eigenvalue weighted by Crippen LogP contribution is -2.15. The van der Waals surface area contributed by atoms with Gasteiger partial charge in [-0.25, -0.2) is 0 Å². The minimum Gasteiger partial charge on any atom is -0.425 e. The van der Waals surface area contributed by atoms with Crippen molar-refractivity contribution >= 4 is 11.9 Å². The van der Waals surface area contributed by atoms with Crippen molar-refractivity contribution in [3.63, 3.8) is 0 Å². The van der Waals surface area contributed by atoms with Crippen molar-refractivity contribution in [3.8, 4) is 16.9 Å². The normalized spacial score (nSPS) is 9.95. The molecule has 2 aromatic carbocycles. The molecule has 0 unspecified atom stereocenters. The second-order valence-corrected chi connectivity index (χ2v) is 4.01. The minimum absolute atomic E-state index is 0.191. The van der Waals surface area contributed by atoms with E-state index in [0.717, 1.165) is 5.56 Å². The van der Waals surface area contributed by atoms with Crippen LogP contribution in [0, 0.1) is 0 Å². The van der Waals surface area contributed by atoms with Crippen LogP contribution in [-0.2, 0) is 4.79 Å². The molecule has 4 nitrogen and oxygen atoms in total. The highest BCUT2D eigenvalue weighted by Crippen LogP contribution is 2.33. The molecule has 0 atom stereocenters. The highest BCUT2D eigenvalue weighted by molar-refractivity contribution is 5.99. The number of nitrogens with two attached hydrogens (primary N) is 1. The maximum absolute atomic E-state index is 11.4. The Labute approximate surface area is 110 Å². The van der Waals surface area contributed by atoms with Crippen LogP contribution >= 0.6 is 0 Å². The standard InChI is InChI=1S/C15H13NO3/c1-10(17)19-14-12(11-6-3-2-4-7-11)8-5-9-13(14)15(16)18/h2-9H,1H3,(H2,16,18). The molecule has 0 aliphatic rings. The first kappa shape index (κ1) is 12.8. The molecule has 2 N–H and O–H groups in total. The summed E-state index contributed by atoms with van der Waals surface area (Å²) in [5, 5.41) is 0. The molecule has 0 aliphatic carbocycles. The number of esters is 1. The average Bonchev–Trinajstić information content (AvgIpc) is 2.39. The Morgan fingerprint density at radius 1 is 1.00 bits per heavy atom. The van der Waals surface area contributed by atoms with Crippen LogP contribution in [-0.4, -0.2) is 11.9 Å². The van der Waals surface area contributed by atoms with Gasteiger partial charge in [0.25, 0.3) is 5.91 Å². The van der Waals surface area contributed by atoms with Gasteiger partial charge in [0.1, 0.15) is 0 Å². The molecule has 0 fully saturated rings. The Morgan fingerprint density at radius 2 is 1.68 bits per heavy atom. The Bertz CT molecular complexity index is 621. The van der Waals surface area contributed by atoms with E-state index in [1.165, 1.54) is 13.0 Å². The zero-order valence-corrected chi connectivity index (χ0v) is 10.4. The summed E-state index contributed by atoms with van der Waals surface area (Å²) in [5.41, 5.74) is 7.01. The number of primary amides is 1. The van der Waals surface area contributed by atoms with Gasteiger partial charge in [-0.1, -0.05) is 42.5 Å². The smallest absolute Gasteiger partial charge is 0.308 e. The van der Waals surface area contributed by atoms with E-state index in [0.29, 0.717) is 5.56 Å². The molecule has 96 valence electrons. The first-order valence-corrected chi connectivity index (χ1v) is 5.76. The minimum atomic E-state index is -0.631.